The molecule has 0 aromatic rings. The van der Waals surface area contributed by atoms with E-state index in [1.165, 1.54) is 0 Å². The summed E-state index contributed by atoms with van der Waals surface area (Å²) < 4.78 is 0. The predicted octanol–water partition coefficient (Wildman–Crippen LogP) is -0.779. The average Bonchev–Trinajstić information content (AvgIpc) is 0. The van der Waals surface area contributed by atoms with E-state index < -0.39 is 0 Å². The van der Waals surface area contributed by atoms with Gasteiger partial charge in [0.2, 0.25) is 0 Å². The van der Waals surface area contributed by atoms with Crippen molar-refractivity contribution < 1.29 is 14.3 Å². The SMILES string of the molecule is [Ba+2].[Ba+2].[Ba+2].[Ba+2].[Ca+2].[H-].[H-].[H-].[H-].[H-].[H-].[H-].[H-].[H-].[H-]. The molecule has 0 heterocycles. The van der Waals surface area contributed by atoms with Crippen molar-refractivity contribution in [2.24, 2.45) is 0 Å². The molecule has 0 fully saturated rings. The zero-order chi connectivity index (χ0) is 0. The van der Waals surface area contributed by atoms with Gasteiger partial charge in [-0.25, -0.2) is 0 Å². The summed E-state index contributed by atoms with van der Waals surface area (Å²) in [6.07, 6.45) is 0. The summed E-state index contributed by atoms with van der Waals surface area (Å²) in [6.45, 7) is 0. The maximum Gasteiger partial charge on any atom is 2.00 e. The molecule has 0 rings (SSSR count). The smallest absolute Gasteiger partial charge is 1.00 e. The fourth-order valence-corrected chi connectivity index (χ4v) is 0. The van der Waals surface area contributed by atoms with Gasteiger partial charge in [0, 0.05) is 0 Å². The van der Waals surface area contributed by atoms with Crippen LogP contribution >= 0.6 is 0 Å². The van der Waals surface area contributed by atoms with Crippen molar-refractivity contribution in [3.63, 3.8) is 0 Å². The Hall–Kier alpha value is 7.55. The molecule has 0 saturated heterocycles. The molecule has 0 aromatic heterocycles. The van der Waals surface area contributed by atoms with Crippen LogP contribution in [0, 0.1) is 0 Å². The standard InChI is InChI=1S/4Ba.Ca.10H/q5*+2;10*-1. The first kappa shape index (κ1) is 29.4. The molecule has 0 bridgehead atoms. The van der Waals surface area contributed by atoms with Gasteiger partial charge in [-0.2, -0.15) is 0 Å². The second-order valence-corrected chi connectivity index (χ2v) is 0. The number of hydrogen-bond acceptors (Lipinski definition) is 0. The Bertz CT molecular complexity index is 17.4. The molecule has 0 amide bonds. The van der Waals surface area contributed by atoms with E-state index in [1.54, 1.807) is 0 Å². The molecule has 0 radical (unpaired) electrons. The van der Waals surface area contributed by atoms with Gasteiger partial charge in [0.15, 0.2) is 0 Å². The zero-order valence-corrected chi connectivity index (χ0v) is 23.5. The van der Waals surface area contributed by atoms with Crippen LogP contribution in [-0.4, -0.2) is 233 Å². The molecular weight excluding hydrogens is 589 g/mol. The van der Waals surface area contributed by atoms with E-state index in [0.29, 0.717) is 0 Å². The van der Waals surface area contributed by atoms with Crippen LogP contribution in [0.25, 0.3) is 0 Å². The van der Waals surface area contributed by atoms with Crippen molar-refractivity contribution in [2.75, 3.05) is 0 Å². The summed E-state index contributed by atoms with van der Waals surface area (Å²) >= 11 is 0. The van der Waals surface area contributed by atoms with E-state index in [9.17, 15) is 0 Å². The Morgan fingerprint density at radius 1 is 0.600 bits per heavy atom. The first-order chi connectivity index (χ1) is 0. The molecule has 0 aliphatic heterocycles. The Kier molecular flexibility index (Phi) is 132. The second-order valence-electron chi connectivity index (χ2n) is 0. The Morgan fingerprint density at radius 3 is 0.600 bits per heavy atom. The molecule has 0 aliphatic carbocycles. The van der Waals surface area contributed by atoms with E-state index >= 15 is 0 Å². The largest absolute Gasteiger partial charge is 2.00 e. The van der Waals surface area contributed by atoms with Gasteiger partial charge >= 0.3 is 233 Å². The van der Waals surface area contributed by atoms with Crippen molar-refractivity contribution in [2.45, 2.75) is 0 Å². The molecule has 0 aromatic carbocycles. The minimum Gasteiger partial charge on any atom is -1.00 e. The minimum absolute atomic E-state index is 0. The van der Waals surface area contributed by atoms with Gasteiger partial charge in [-0.3, -0.25) is 0 Å². The van der Waals surface area contributed by atoms with Crippen LogP contribution in [0.15, 0.2) is 0 Å². The summed E-state index contributed by atoms with van der Waals surface area (Å²) in [5.74, 6) is 0. The van der Waals surface area contributed by atoms with E-state index in [-0.39, 0.29) is 248 Å². The van der Waals surface area contributed by atoms with Crippen molar-refractivity contribution in [3.05, 3.63) is 0 Å². The third-order valence-corrected chi connectivity index (χ3v) is 0. The van der Waals surface area contributed by atoms with E-state index in [4.69, 9.17) is 0 Å². The average molecular weight is 599 g/mol. The number of hydrogen-bond donors (Lipinski definition) is 0. The summed E-state index contributed by atoms with van der Waals surface area (Å²) in [7, 11) is 0. The third-order valence-electron chi connectivity index (χ3n) is 0. The van der Waals surface area contributed by atoms with Gasteiger partial charge in [0.1, 0.15) is 0 Å². The minimum atomic E-state index is 0. The van der Waals surface area contributed by atoms with Crippen molar-refractivity contribution in [3.8, 4) is 0 Å². The Morgan fingerprint density at radius 2 is 0.600 bits per heavy atom. The molecule has 20 valence electrons. The van der Waals surface area contributed by atoms with Gasteiger partial charge in [-0.05, 0) is 0 Å². The zero-order valence-electron chi connectivity index (χ0n) is 13.5. The van der Waals surface area contributed by atoms with E-state index in [1.807, 2.05) is 0 Å². The van der Waals surface area contributed by atoms with Crippen LogP contribution in [0.4, 0.5) is 0 Å². The van der Waals surface area contributed by atoms with E-state index in [2.05, 4.69) is 0 Å². The van der Waals surface area contributed by atoms with Crippen LogP contribution in [0.3, 0.4) is 0 Å². The molecule has 0 saturated carbocycles. The monoisotopic (exact) mass is 602 g/mol. The predicted molar refractivity (Wildman–Crippen MR) is 39.9 cm³/mol. The van der Waals surface area contributed by atoms with Crippen molar-refractivity contribution in [1.82, 2.24) is 0 Å². The van der Waals surface area contributed by atoms with E-state index in [0.717, 1.165) is 0 Å². The van der Waals surface area contributed by atoms with Gasteiger partial charge in [0.05, 0.1) is 0 Å². The second kappa shape index (κ2) is 22.6. The summed E-state index contributed by atoms with van der Waals surface area (Å²) in [5, 5.41) is 0. The fraction of sp³-hybridized carbons (Fsp3) is 0. The first-order valence-corrected chi connectivity index (χ1v) is 0. The van der Waals surface area contributed by atoms with Gasteiger partial charge in [-0.1, -0.05) is 0 Å². The molecule has 0 nitrogen and oxygen atoms in total. The van der Waals surface area contributed by atoms with Gasteiger partial charge in [-0.15, -0.1) is 0 Å². The third kappa shape index (κ3) is 18.5. The molecular formula is H10Ba4Ca. The molecule has 0 N–H and O–H groups in total. The fourth-order valence-electron chi connectivity index (χ4n) is 0. The van der Waals surface area contributed by atoms with Gasteiger partial charge in [0.25, 0.3) is 0 Å². The molecule has 5 heteroatoms. The topological polar surface area (TPSA) is 0 Å². The van der Waals surface area contributed by atoms with Crippen LogP contribution in [-0.2, 0) is 0 Å². The summed E-state index contributed by atoms with van der Waals surface area (Å²) in [5.41, 5.74) is 0. The summed E-state index contributed by atoms with van der Waals surface area (Å²) in [6, 6.07) is 0. The summed E-state index contributed by atoms with van der Waals surface area (Å²) in [4.78, 5) is 0. The number of rotatable bonds is 0. The maximum absolute atomic E-state index is 0. The molecule has 0 spiro atoms. The Balaban J connectivity index is 0. The van der Waals surface area contributed by atoms with Crippen LogP contribution in [0.2, 0.25) is 0 Å². The van der Waals surface area contributed by atoms with Crippen LogP contribution < -0.4 is 0 Å². The molecule has 0 unspecified atom stereocenters. The molecule has 0 aliphatic rings. The van der Waals surface area contributed by atoms with Crippen LogP contribution in [0.5, 0.6) is 0 Å². The molecule has 0 atom stereocenters. The maximum atomic E-state index is 0. The van der Waals surface area contributed by atoms with Gasteiger partial charge < -0.3 is 14.3 Å². The first-order valence-electron chi connectivity index (χ1n) is 0. The quantitative estimate of drug-likeness (QED) is 0.321. The van der Waals surface area contributed by atoms with Crippen LogP contribution in [0.1, 0.15) is 14.3 Å². The Labute approximate surface area is 239 Å². The van der Waals surface area contributed by atoms with Crippen molar-refractivity contribution >= 4 is 233 Å². The van der Waals surface area contributed by atoms with Crippen molar-refractivity contribution in [1.29, 1.82) is 0 Å². The normalized spacial score (nSPS) is 0. The molecule has 5 heavy (non-hydrogen) atoms.